The molecule has 1 atom stereocenters. The van der Waals surface area contributed by atoms with Gasteiger partial charge in [0.2, 0.25) is 5.91 Å². The average Bonchev–Trinajstić information content (AvgIpc) is 3.30. The minimum Gasteiger partial charge on any atom is -0.444 e. The Bertz CT molecular complexity index is 1150. The molecule has 1 aliphatic carbocycles. The fourth-order valence-corrected chi connectivity index (χ4v) is 5.41. The van der Waals surface area contributed by atoms with E-state index >= 15 is 0 Å². The minimum absolute atomic E-state index is 0.0288. The van der Waals surface area contributed by atoms with E-state index in [1.807, 2.05) is 39.0 Å². The maximum absolute atomic E-state index is 13.0. The normalized spacial score (nSPS) is 22.4. The molecule has 1 aromatic heterocycles. The van der Waals surface area contributed by atoms with Gasteiger partial charge in [0.1, 0.15) is 11.6 Å². The van der Waals surface area contributed by atoms with Gasteiger partial charge in [0.15, 0.2) is 5.78 Å². The van der Waals surface area contributed by atoms with Crippen LogP contribution in [0.15, 0.2) is 28.9 Å². The van der Waals surface area contributed by atoms with Crippen LogP contribution in [-0.4, -0.2) is 57.9 Å². The molecule has 9 heteroatoms. The number of fused-ring (bicyclic) bond motifs is 1. The number of likely N-dealkylation sites (tertiary alicyclic amines) is 1. The van der Waals surface area contributed by atoms with Crippen molar-refractivity contribution in [3.8, 4) is 0 Å². The number of pyridine rings is 1. The first-order chi connectivity index (χ1) is 17.0. The van der Waals surface area contributed by atoms with E-state index in [0.29, 0.717) is 18.5 Å². The number of halogens is 1. The second kappa shape index (κ2) is 10.7. The molecule has 0 bridgehead atoms. The largest absolute Gasteiger partial charge is 0.444 e. The fourth-order valence-electron chi connectivity index (χ4n) is 5.05. The van der Waals surface area contributed by atoms with Crippen LogP contribution < -0.4 is 10.6 Å². The number of hydrogen-bond donors (Lipinski definition) is 2. The van der Waals surface area contributed by atoms with Gasteiger partial charge in [0.25, 0.3) is 0 Å². The zero-order valence-electron chi connectivity index (χ0n) is 21.4. The first kappa shape index (κ1) is 26.4. The van der Waals surface area contributed by atoms with Gasteiger partial charge >= 0.3 is 6.09 Å². The number of carbonyl (C=O) groups is 3. The predicted molar refractivity (Wildman–Crippen MR) is 143 cm³/mol. The molecule has 194 valence electrons. The molecule has 2 amide bonds. The third-order valence-corrected chi connectivity index (χ3v) is 7.31. The highest BCUT2D eigenvalue weighted by Gasteiger charge is 2.37. The van der Waals surface area contributed by atoms with Gasteiger partial charge < -0.3 is 15.4 Å². The quantitative estimate of drug-likeness (QED) is 0.474. The van der Waals surface area contributed by atoms with Crippen LogP contribution in [0.1, 0.15) is 76.6 Å². The molecule has 0 spiro atoms. The maximum Gasteiger partial charge on any atom is 0.410 e. The molecular weight excluding hydrogens is 524 g/mol. The van der Waals surface area contributed by atoms with Gasteiger partial charge in [-0.25, -0.2) is 4.79 Å². The number of hydrogen-bond acceptors (Lipinski definition) is 6. The van der Waals surface area contributed by atoms with E-state index in [0.717, 1.165) is 53.2 Å². The van der Waals surface area contributed by atoms with E-state index in [2.05, 4.69) is 31.5 Å². The number of ketones is 1. The number of rotatable bonds is 5. The lowest BCUT2D eigenvalue weighted by Crippen LogP contribution is -2.50. The first-order valence-corrected chi connectivity index (χ1v) is 13.5. The second-order valence-corrected chi connectivity index (χ2v) is 11.7. The van der Waals surface area contributed by atoms with Gasteiger partial charge in [-0.3, -0.25) is 19.5 Å². The number of aromatic nitrogens is 1. The summed E-state index contributed by atoms with van der Waals surface area (Å²) in [5, 5.41) is 7.70. The van der Waals surface area contributed by atoms with Gasteiger partial charge in [-0.15, -0.1) is 0 Å². The highest BCUT2D eigenvalue weighted by molar-refractivity contribution is 9.10. The van der Waals surface area contributed by atoms with E-state index < -0.39 is 17.7 Å². The number of Topliss-reactive ketones (excluding diaryl/α,β-unsaturated/α-hetero) is 1. The smallest absolute Gasteiger partial charge is 0.410 e. The van der Waals surface area contributed by atoms with Crippen LogP contribution in [0.3, 0.4) is 0 Å². The van der Waals surface area contributed by atoms with Crippen molar-refractivity contribution in [2.75, 3.05) is 11.9 Å². The van der Waals surface area contributed by atoms with Gasteiger partial charge in [-0.05, 0) is 84.4 Å². The van der Waals surface area contributed by atoms with Crippen molar-refractivity contribution in [3.05, 3.63) is 34.4 Å². The van der Waals surface area contributed by atoms with Crippen LogP contribution >= 0.6 is 15.9 Å². The van der Waals surface area contributed by atoms with Crippen molar-refractivity contribution in [1.82, 2.24) is 15.2 Å². The Labute approximate surface area is 220 Å². The lowest BCUT2D eigenvalue weighted by Gasteiger charge is -2.33. The summed E-state index contributed by atoms with van der Waals surface area (Å²) in [7, 11) is 0. The molecule has 4 rings (SSSR count). The molecule has 2 aliphatic rings. The standard InChI is InChI=1S/C27H35BrN4O4/c1-16(33)21-15-29-22-12-7-17(28)14-20(22)24(21)30-18-8-10-19(11-9-18)31-25(34)23-6-5-13-32(23)26(35)36-27(2,3)4/h7,12,14-15,18-19,23H,5-6,8-11,13H2,1-4H3,(H,29,30)(H,31,34)/t18?,19?,23-/m0/s1. The molecule has 1 saturated carbocycles. The Balaban J connectivity index is 1.37. The SMILES string of the molecule is CC(=O)c1cnc2ccc(Br)cc2c1NC1CCC(NC(=O)[C@@H]2CCCN2C(=O)OC(C)(C)C)CC1. The van der Waals surface area contributed by atoms with Gasteiger partial charge in [-0.1, -0.05) is 15.9 Å². The summed E-state index contributed by atoms with van der Waals surface area (Å²) in [4.78, 5) is 43.9. The summed E-state index contributed by atoms with van der Waals surface area (Å²) in [6.07, 6.45) is 6.04. The third kappa shape index (κ3) is 6.17. The van der Waals surface area contributed by atoms with E-state index in [4.69, 9.17) is 4.74 Å². The minimum atomic E-state index is -0.593. The topological polar surface area (TPSA) is 101 Å². The Morgan fingerprint density at radius 2 is 1.78 bits per heavy atom. The number of anilines is 1. The van der Waals surface area contributed by atoms with Crippen LogP contribution in [0.4, 0.5) is 10.5 Å². The number of ether oxygens (including phenoxy) is 1. The molecule has 2 fully saturated rings. The number of amides is 2. The second-order valence-electron chi connectivity index (χ2n) is 10.8. The first-order valence-electron chi connectivity index (χ1n) is 12.7. The molecule has 0 radical (unpaired) electrons. The fraction of sp³-hybridized carbons (Fsp3) is 0.556. The van der Waals surface area contributed by atoms with Crippen LogP contribution in [-0.2, 0) is 9.53 Å². The molecule has 0 unspecified atom stereocenters. The van der Waals surface area contributed by atoms with Crippen molar-refractivity contribution in [2.24, 2.45) is 0 Å². The van der Waals surface area contributed by atoms with Crippen molar-refractivity contribution in [3.63, 3.8) is 0 Å². The van der Waals surface area contributed by atoms with Crippen molar-refractivity contribution >= 4 is 50.3 Å². The Morgan fingerprint density at radius 1 is 1.08 bits per heavy atom. The summed E-state index contributed by atoms with van der Waals surface area (Å²) < 4.78 is 6.42. The number of carbonyl (C=O) groups excluding carboxylic acids is 3. The number of nitrogens with one attached hydrogen (secondary N) is 2. The lowest BCUT2D eigenvalue weighted by atomic mass is 9.90. The zero-order valence-corrected chi connectivity index (χ0v) is 23.0. The summed E-state index contributed by atoms with van der Waals surface area (Å²) >= 11 is 3.53. The van der Waals surface area contributed by atoms with Gasteiger partial charge in [0, 0.05) is 34.7 Å². The summed E-state index contributed by atoms with van der Waals surface area (Å²) in [6, 6.07) is 5.63. The lowest BCUT2D eigenvalue weighted by molar-refractivity contribution is -0.126. The molecule has 2 N–H and O–H groups in total. The monoisotopic (exact) mass is 558 g/mol. The van der Waals surface area contributed by atoms with Crippen molar-refractivity contribution in [1.29, 1.82) is 0 Å². The zero-order chi connectivity index (χ0) is 26.0. The Hall–Kier alpha value is -2.68. The molecule has 2 aromatic rings. The van der Waals surface area contributed by atoms with E-state index in [1.165, 1.54) is 0 Å². The molecule has 1 saturated heterocycles. The van der Waals surface area contributed by atoms with E-state index in [9.17, 15) is 14.4 Å². The van der Waals surface area contributed by atoms with Crippen LogP contribution in [0, 0.1) is 0 Å². The predicted octanol–water partition coefficient (Wildman–Crippen LogP) is 5.44. The number of benzene rings is 1. The van der Waals surface area contributed by atoms with E-state index in [1.54, 1.807) is 18.0 Å². The molecule has 2 heterocycles. The third-order valence-electron chi connectivity index (χ3n) is 6.81. The highest BCUT2D eigenvalue weighted by atomic mass is 79.9. The molecule has 1 aliphatic heterocycles. The highest BCUT2D eigenvalue weighted by Crippen LogP contribution is 2.32. The summed E-state index contributed by atoms with van der Waals surface area (Å²) in [5.41, 5.74) is 1.64. The Morgan fingerprint density at radius 3 is 2.44 bits per heavy atom. The van der Waals surface area contributed by atoms with Crippen LogP contribution in [0.2, 0.25) is 0 Å². The van der Waals surface area contributed by atoms with Gasteiger partial charge in [-0.2, -0.15) is 0 Å². The number of nitrogens with zero attached hydrogens (tertiary/aromatic N) is 2. The van der Waals surface area contributed by atoms with Crippen molar-refractivity contribution < 1.29 is 19.1 Å². The van der Waals surface area contributed by atoms with Gasteiger partial charge in [0.05, 0.1) is 16.8 Å². The van der Waals surface area contributed by atoms with Crippen LogP contribution in [0.5, 0.6) is 0 Å². The van der Waals surface area contributed by atoms with E-state index in [-0.39, 0.29) is 23.8 Å². The molecule has 1 aromatic carbocycles. The summed E-state index contributed by atoms with van der Waals surface area (Å²) in [5.74, 6) is -0.127. The molecular formula is C27H35BrN4O4. The Kier molecular flexibility index (Phi) is 7.87. The molecule has 8 nitrogen and oxygen atoms in total. The maximum atomic E-state index is 13.0. The van der Waals surface area contributed by atoms with Crippen LogP contribution in [0.25, 0.3) is 10.9 Å². The molecule has 36 heavy (non-hydrogen) atoms. The summed E-state index contributed by atoms with van der Waals surface area (Å²) in [6.45, 7) is 7.58. The van der Waals surface area contributed by atoms with Crippen molar-refractivity contribution in [2.45, 2.75) is 89.9 Å². The average molecular weight is 560 g/mol.